The maximum absolute atomic E-state index is 14.2. The van der Waals surface area contributed by atoms with Gasteiger partial charge in [-0.2, -0.15) is 5.10 Å². The van der Waals surface area contributed by atoms with Crippen LogP contribution < -0.4 is 4.74 Å². The molecule has 0 aliphatic heterocycles. The molecule has 0 amide bonds. The lowest BCUT2D eigenvalue weighted by molar-refractivity contribution is 0.411. The van der Waals surface area contributed by atoms with Crippen LogP contribution >= 0.6 is 0 Å². The first-order valence-electron chi connectivity index (χ1n) is 11.6. The Kier molecular flexibility index (Phi) is 5.74. The summed E-state index contributed by atoms with van der Waals surface area (Å²) >= 11 is 0. The van der Waals surface area contributed by atoms with Crippen LogP contribution in [-0.4, -0.2) is 70.6 Å². The Morgan fingerprint density at radius 3 is 2.42 bits per heavy atom. The maximum atomic E-state index is 14.2. The highest BCUT2D eigenvalue weighted by atomic mass is 32.2. The Labute approximate surface area is 226 Å². The third-order valence-electron chi connectivity index (χ3n) is 6.27. The first-order chi connectivity index (χ1) is 18.9. The fourth-order valence-electron chi connectivity index (χ4n) is 4.57. The molecule has 0 saturated carbocycles. The average molecular weight is 582 g/mol. The van der Waals surface area contributed by atoms with Crippen molar-refractivity contribution in [2.75, 3.05) is 19.6 Å². The summed E-state index contributed by atoms with van der Waals surface area (Å²) in [6, 6.07) is 9.64. The van der Waals surface area contributed by atoms with Crippen molar-refractivity contribution in [3.05, 3.63) is 60.8 Å². The van der Waals surface area contributed by atoms with Gasteiger partial charge in [0, 0.05) is 41.1 Å². The Balaban J connectivity index is 1.52. The summed E-state index contributed by atoms with van der Waals surface area (Å²) < 4.78 is 69.6. The maximum Gasteiger partial charge on any atom is 0.241 e. The second-order valence-corrected chi connectivity index (χ2v) is 12.8. The minimum absolute atomic E-state index is 0.0325. The van der Waals surface area contributed by atoms with E-state index in [0.717, 1.165) is 12.5 Å². The molecule has 0 fully saturated rings. The minimum Gasteiger partial charge on any atom is -0.497 e. The van der Waals surface area contributed by atoms with Crippen molar-refractivity contribution in [2.24, 2.45) is 0 Å². The van der Waals surface area contributed by atoms with Crippen molar-refractivity contribution in [3.8, 4) is 39.5 Å². The van der Waals surface area contributed by atoms with E-state index in [-0.39, 0.29) is 5.69 Å². The minimum atomic E-state index is -4.04. The summed E-state index contributed by atoms with van der Waals surface area (Å²) in [4.78, 5) is 15.8. The fraction of sp³-hybridized carbons (Fsp3) is 0.120. The quantitative estimate of drug-likeness (QED) is 0.300. The number of halogens is 1. The number of hydrogen-bond acceptors (Lipinski definition) is 9. The topological polar surface area (TPSA) is 166 Å². The van der Waals surface area contributed by atoms with E-state index in [1.165, 1.54) is 31.6 Å². The van der Waals surface area contributed by atoms with Gasteiger partial charge in [0.1, 0.15) is 22.9 Å². The number of fused-ring (bicyclic) bond motifs is 2. The van der Waals surface area contributed by atoms with Crippen LogP contribution in [0.1, 0.15) is 0 Å². The van der Waals surface area contributed by atoms with Crippen LogP contribution in [0, 0.1) is 5.82 Å². The summed E-state index contributed by atoms with van der Waals surface area (Å²) in [6.07, 6.45) is 5.95. The smallest absolute Gasteiger partial charge is 0.241 e. The van der Waals surface area contributed by atoms with E-state index in [1.807, 2.05) is 6.07 Å². The van der Waals surface area contributed by atoms with Crippen LogP contribution in [0.3, 0.4) is 0 Å². The van der Waals surface area contributed by atoms with Crippen LogP contribution in [0.25, 0.3) is 55.8 Å². The number of H-pyrrole nitrogens is 2. The number of rotatable bonds is 6. The van der Waals surface area contributed by atoms with Crippen LogP contribution in [-0.2, 0) is 19.9 Å². The predicted octanol–water partition coefficient (Wildman–Crippen LogP) is 3.39. The monoisotopic (exact) mass is 581 g/mol. The van der Waals surface area contributed by atoms with Gasteiger partial charge in [0.25, 0.3) is 0 Å². The predicted molar refractivity (Wildman–Crippen MR) is 145 cm³/mol. The molecule has 204 valence electrons. The highest BCUT2D eigenvalue weighted by molar-refractivity contribution is 7.92. The van der Waals surface area contributed by atoms with E-state index in [2.05, 4.69) is 30.1 Å². The first-order valence-corrected chi connectivity index (χ1v) is 15.3. The summed E-state index contributed by atoms with van der Waals surface area (Å²) in [7, 11) is -6.52. The number of nitrogens with zero attached hydrogens (tertiary/aromatic N) is 5. The van der Waals surface area contributed by atoms with Crippen molar-refractivity contribution in [1.29, 1.82) is 0 Å². The molecule has 0 aliphatic carbocycles. The van der Waals surface area contributed by atoms with Gasteiger partial charge >= 0.3 is 0 Å². The molecule has 6 aromatic rings. The standard InChI is InChI=1S/C25H20FN7O5S2/c1-38-16-7-13(6-15(26)9-16)17-4-5-27-23-18(17)10-20(30-23)22-19-8-14(11-28-24(19)32-31-22)21-12-29-25(39(2,34)35)33(21)40(3,36)37/h4-12H,1-3H3,(H,27,30)(H,28,31,32). The Morgan fingerprint density at radius 1 is 0.900 bits per heavy atom. The summed E-state index contributed by atoms with van der Waals surface area (Å²) in [5.41, 5.74) is 3.62. The molecule has 0 radical (unpaired) electrons. The molecule has 5 aromatic heterocycles. The number of methoxy groups -OCH3 is 1. The van der Waals surface area contributed by atoms with E-state index in [0.29, 0.717) is 59.9 Å². The molecule has 40 heavy (non-hydrogen) atoms. The van der Waals surface area contributed by atoms with E-state index >= 15 is 0 Å². The van der Waals surface area contributed by atoms with Gasteiger partial charge in [-0.25, -0.2) is 40.2 Å². The summed E-state index contributed by atoms with van der Waals surface area (Å²) in [5.74, 6) is -0.0701. The summed E-state index contributed by atoms with van der Waals surface area (Å²) in [6.45, 7) is 0. The number of nitrogens with one attached hydrogen (secondary N) is 2. The van der Waals surface area contributed by atoms with Gasteiger partial charge in [0.2, 0.25) is 25.0 Å². The molecule has 2 N–H and O–H groups in total. The third-order valence-corrected chi connectivity index (χ3v) is 8.37. The highest BCUT2D eigenvalue weighted by Gasteiger charge is 2.26. The number of aromatic nitrogens is 7. The Morgan fingerprint density at radius 2 is 1.70 bits per heavy atom. The SMILES string of the molecule is COc1cc(F)cc(-c2ccnc3[nH]c(-c4n[nH]c5ncc(-c6cnc(S(C)(=O)=O)n6S(C)(=O)=O)cc45)cc23)c1. The number of aromatic amines is 2. The second-order valence-electron chi connectivity index (χ2n) is 9.10. The lowest BCUT2D eigenvalue weighted by atomic mass is 10.0. The molecule has 0 bridgehead atoms. The van der Waals surface area contributed by atoms with Crippen LogP contribution in [0.4, 0.5) is 4.39 Å². The zero-order valence-electron chi connectivity index (χ0n) is 21.2. The molecule has 0 saturated heterocycles. The third kappa shape index (κ3) is 4.28. The zero-order chi connectivity index (χ0) is 28.4. The van der Waals surface area contributed by atoms with Gasteiger partial charge in [0.15, 0.2) is 5.65 Å². The molecular formula is C25H20FN7O5S2. The van der Waals surface area contributed by atoms with Gasteiger partial charge in [-0.1, -0.05) is 0 Å². The number of imidazole rings is 1. The van der Waals surface area contributed by atoms with Gasteiger partial charge < -0.3 is 9.72 Å². The Bertz CT molecular complexity index is 2180. The lowest BCUT2D eigenvalue weighted by Crippen LogP contribution is -2.17. The lowest BCUT2D eigenvalue weighted by Gasteiger charge is -2.08. The normalized spacial score (nSPS) is 12.4. The van der Waals surface area contributed by atoms with Crippen molar-refractivity contribution < 1.29 is 26.0 Å². The molecule has 1 aromatic carbocycles. The number of sulfone groups is 1. The number of ether oxygens (including phenoxy) is 1. The number of benzene rings is 1. The molecule has 0 unspecified atom stereocenters. The van der Waals surface area contributed by atoms with Crippen LogP contribution in [0.15, 0.2) is 60.1 Å². The zero-order valence-corrected chi connectivity index (χ0v) is 22.8. The van der Waals surface area contributed by atoms with E-state index in [1.54, 1.807) is 24.4 Å². The second kappa shape index (κ2) is 8.96. The van der Waals surface area contributed by atoms with Gasteiger partial charge in [0.05, 0.1) is 31.0 Å². The number of hydrogen-bond donors (Lipinski definition) is 2. The molecular weight excluding hydrogens is 561 g/mol. The number of pyridine rings is 2. The molecule has 0 aliphatic rings. The molecule has 15 heteroatoms. The van der Waals surface area contributed by atoms with Crippen molar-refractivity contribution >= 4 is 41.9 Å². The average Bonchev–Trinajstić information content (AvgIpc) is 3.63. The van der Waals surface area contributed by atoms with Crippen molar-refractivity contribution in [1.82, 2.24) is 34.1 Å². The van der Waals surface area contributed by atoms with Gasteiger partial charge in [-0.3, -0.25) is 5.10 Å². The Hall–Kier alpha value is -4.63. The first kappa shape index (κ1) is 25.6. The highest BCUT2D eigenvalue weighted by Crippen LogP contribution is 2.35. The van der Waals surface area contributed by atoms with Gasteiger partial charge in [-0.05, 0) is 41.5 Å². The van der Waals surface area contributed by atoms with E-state index < -0.39 is 30.8 Å². The van der Waals surface area contributed by atoms with Crippen molar-refractivity contribution in [3.63, 3.8) is 0 Å². The molecule has 5 heterocycles. The van der Waals surface area contributed by atoms with Crippen molar-refractivity contribution in [2.45, 2.75) is 5.16 Å². The molecule has 0 atom stereocenters. The fourth-order valence-corrected chi connectivity index (χ4v) is 6.87. The summed E-state index contributed by atoms with van der Waals surface area (Å²) in [5, 5.41) is 7.88. The van der Waals surface area contributed by atoms with Crippen LogP contribution in [0.2, 0.25) is 0 Å². The van der Waals surface area contributed by atoms with E-state index in [4.69, 9.17) is 4.74 Å². The molecule has 0 spiro atoms. The van der Waals surface area contributed by atoms with Gasteiger partial charge in [-0.15, -0.1) is 0 Å². The van der Waals surface area contributed by atoms with Crippen LogP contribution in [0.5, 0.6) is 5.75 Å². The molecule has 6 rings (SSSR count). The van der Waals surface area contributed by atoms with E-state index in [9.17, 15) is 21.2 Å². The molecule has 12 nitrogen and oxygen atoms in total. The largest absolute Gasteiger partial charge is 0.497 e.